The third-order valence-corrected chi connectivity index (χ3v) is 9.72. The molecule has 3 aromatic carbocycles. The summed E-state index contributed by atoms with van der Waals surface area (Å²) in [7, 11) is 0. The maximum absolute atomic E-state index is 14.8. The van der Waals surface area contributed by atoms with E-state index in [0.717, 1.165) is 43.2 Å². The minimum absolute atomic E-state index is 0.143. The van der Waals surface area contributed by atoms with Crippen molar-refractivity contribution in [2.24, 2.45) is 11.7 Å². The van der Waals surface area contributed by atoms with Crippen molar-refractivity contribution in [1.29, 1.82) is 0 Å². The summed E-state index contributed by atoms with van der Waals surface area (Å²) in [5.41, 5.74) is 8.79. The number of hydrogen-bond acceptors (Lipinski definition) is 4. The molecule has 1 aliphatic carbocycles. The van der Waals surface area contributed by atoms with E-state index in [9.17, 15) is 23.6 Å². The molecule has 8 nitrogen and oxygen atoms in total. The van der Waals surface area contributed by atoms with Gasteiger partial charge in [0.2, 0.25) is 17.7 Å². The van der Waals surface area contributed by atoms with E-state index in [-0.39, 0.29) is 29.8 Å². The highest BCUT2D eigenvalue weighted by atomic mass is 19.1. The van der Waals surface area contributed by atoms with E-state index in [4.69, 9.17) is 5.73 Å². The maximum atomic E-state index is 14.8. The van der Waals surface area contributed by atoms with Gasteiger partial charge in [0, 0.05) is 30.8 Å². The van der Waals surface area contributed by atoms with E-state index in [1.807, 2.05) is 31.2 Å². The van der Waals surface area contributed by atoms with Crippen molar-refractivity contribution in [3.05, 3.63) is 101 Å². The molecule has 234 valence electrons. The number of rotatable bonds is 8. The Morgan fingerprint density at radius 3 is 2.22 bits per heavy atom. The second-order valence-electron chi connectivity index (χ2n) is 12.4. The number of benzene rings is 3. The summed E-state index contributed by atoms with van der Waals surface area (Å²) in [5.74, 6) is -1.60. The minimum Gasteiger partial charge on any atom is -0.366 e. The molecule has 2 N–H and O–H groups in total. The first kappa shape index (κ1) is 30.5. The third-order valence-electron chi connectivity index (χ3n) is 9.72. The van der Waals surface area contributed by atoms with Crippen LogP contribution in [-0.4, -0.2) is 52.1 Å². The maximum Gasteiger partial charge on any atom is 0.254 e. The molecule has 4 amide bonds. The van der Waals surface area contributed by atoms with E-state index in [0.29, 0.717) is 30.6 Å². The number of nitrogens with two attached hydrogens (primary N) is 1. The molecule has 9 heteroatoms. The van der Waals surface area contributed by atoms with E-state index >= 15 is 0 Å². The summed E-state index contributed by atoms with van der Waals surface area (Å²) in [6.45, 7) is 2.42. The fourth-order valence-corrected chi connectivity index (χ4v) is 7.36. The molecule has 1 saturated carbocycles. The molecule has 3 atom stereocenters. The molecule has 0 bridgehead atoms. The van der Waals surface area contributed by atoms with Gasteiger partial charge in [0.15, 0.2) is 0 Å². The molecular weight excluding hydrogens is 571 g/mol. The van der Waals surface area contributed by atoms with Gasteiger partial charge in [0.1, 0.15) is 23.9 Å². The van der Waals surface area contributed by atoms with Crippen LogP contribution < -0.4 is 10.6 Å². The van der Waals surface area contributed by atoms with E-state index in [1.165, 1.54) is 29.2 Å². The summed E-state index contributed by atoms with van der Waals surface area (Å²) in [5, 5.41) is 0. The monoisotopic (exact) mass is 610 g/mol. The van der Waals surface area contributed by atoms with Crippen LogP contribution in [0.1, 0.15) is 78.5 Å². The van der Waals surface area contributed by atoms with Crippen LogP contribution in [0, 0.1) is 11.7 Å². The van der Waals surface area contributed by atoms with E-state index in [1.54, 1.807) is 34.1 Å². The second-order valence-corrected chi connectivity index (χ2v) is 12.4. The highest BCUT2D eigenvalue weighted by molar-refractivity contribution is 6.04. The minimum atomic E-state index is -1.15. The molecule has 6 rings (SSSR count). The van der Waals surface area contributed by atoms with E-state index < -0.39 is 35.8 Å². The number of anilines is 1. The predicted molar refractivity (Wildman–Crippen MR) is 168 cm³/mol. The number of amides is 4. The molecule has 3 aliphatic rings. The summed E-state index contributed by atoms with van der Waals surface area (Å²) < 4.78 is 13.9. The van der Waals surface area contributed by atoms with Gasteiger partial charge in [-0.25, -0.2) is 4.39 Å². The number of carbonyl (C=O) groups excluding carboxylic acids is 4. The van der Waals surface area contributed by atoms with E-state index in [2.05, 4.69) is 0 Å². The Balaban J connectivity index is 1.47. The number of hydrogen-bond donors (Lipinski definition) is 1. The highest BCUT2D eigenvalue weighted by Crippen LogP contribution is 2.39. The quantitative estimate of drug-likeness (QED) is 0.381. The summed E-state index contributed by atoms with van der Waals surface area (Å²) in [6.07, 6.45) is 6.08. The van der Waals surface area contributed by atoms with Gasteiger partial charge in [-0.3, -0.25) is 19.2 Å². The van der Waals surface area contributed by atoms with Crippen molar-refractivity contribution < 1.29 is 23.6 Å². The Labute approximate surface area is 263 Å². The van der Waals surface area contributed by atoms with Crippen LogP contribution in [0.4, 0.5) is 10.1 Å². The number of halogens is 1. The largest absolute Gasteiger partial charge is 0.366 e. The molecule has 3 aromatic rings. The number of likely N-dealkylation sites (N-methyl/N-ethyl adjacent to an activating group) is 1. The molecule has 1 saturated heterocycles. The number of fused-ring (bicyclic) bond motifs is 2. The SMILES string of the molecule is CCN(C(=O)C(c1ccc(C(N)=O)cc1)N1C(=O)C2Cc3ccccc3CN2C(=O)C1CC1CCCCC1)c1ccc(F)cc1. The lowest BCUT2D eigenvalue weighted by Crippen LogP contribution is -2.68. The third kappa shape index (κ3) is 5.95. The second kappa shape index (κ2) is 12.8. The van der Waals surface area contributed by atoms with Gasteiger partial charge in [-0.1, -0.05) is 68.5 Å². The topological polar surface area (TPSA) is 104 Å². The standard InChI is InChI=1S/C36H39FN4O4/c1-2-39(29-18-16-28(37)17-19-29)36(45)32(24-12-14-25(15-13-24)33(38)42)41-31(20-23-8-4-3-5-9-23)34(43)40-22-27-11-7-6-10-26(27)21-30(40)35(41)44/h6-7,10-19,23,30-32H,2-5,8-9,20-22H2,1H3,(H2,38,42). The Kier molecular flexibility index (Phi) is 8.70. The lowest BCUT2D eigenvalue weighted by Gasteiger charge is -2.50. The molecule has 3 unspecified atom stereocenters. The molecular formula is C36H39FN4O4. The molecule has 2 aliphatic heterocycles. The zero-order valence-corrected chi connectivity index (χ0v) is 25.5. The van der Waals surface area contributed by atoms with Crippen LogP contribution in [0.3, 0.4) is 0 Å². The summed E-state index contributed by atoms with van der Waals surface area (Å²) >= 11 is 0. The molecule has 2 fully saturated rings. The lowest BCUT2D eigenvalue weighted by atomic mass is 9.81. The van der Waals surface area contributed by atoms with Crippen molar-refractivity contribution in [3.8, 4) is 0 Å². The fourth-order valence-electron chi connectivity index (χ4n) is 7.36. The Bertz CT molecular complexity index is 1590. The molecule has 0 radical (unpaired) electrons. The van der Waals surface area contributed by atoms with Crippen molar-refractivity contribution in [2.75, 3.05) is 11.4 Å². The average molecular weight is 611 g/mol. The fraction of sp³-hybridized carbons (Fsp3) is 0.389. The normalized spacial score (nSPS) is 20.8. The number of primary amides is 1. The van der Waals surface area contributed by atoms with Crippen LogP contribution in [0.2, 0.25) is 0 Å². The molecule has 0 spiro atoms. The lowest BCUT2D eigenvalue weighted by molar-refractivity contribution is -0.168. The first-order valence-corrected chi connectivity index (χ1v) is 15.9. The summed E-state index contributed by atoms with van der Waals surface area (Å²) in [4.78, 5) is 60.8. The number of piperazine rings is 1. The van der Waals surface area contributed by atoms with Gasteiger partial charge in [0.25, 0.3) is 5.91 Å². The molecule has 45 heavy (non-hydrogen) atoms. The van der Waals surface area contributed by atoms with Crippen molar-refractivity contribution >= 4 is 29.3 Å². The van der Waals surface area contributed by atoms with Gasteiger partial charge >= 0.3 is 0 Å². The van der Waals surface area contributed by atoms with Gasteiger partial charge in [-0.2, -0.15) is 0 Å². The van der Waals surface area contributed by atoms with Crippen molar-refractivity contribution in [2.45, 2.75) is 76.5 Å². The Morgan fingerprint density at radius 1 is 0.911 bits per heavy atom. The zero-order chi connectivity index (χ0) is 31.7. The van der Waals surface area contributed by atoms with Crippen LogP contribution in [0.25, 0.3) is 0 Å². The van der Waals surface area contributed by atoms with Gasteiger partial charge in [-0.15, -0.1) is 0 Å². The number of carbonyl (C=O) groups is 4. The average Bonchev–Trinajstić information content (AvgIpc) is 3.06. The van der Waals surface area contributed by atoms with Crippen LogP contribution in [0.15, 0.2) is 72.8 Å². The zero-order valence-electron chi connectivity index (χ0n) is 25.5. The summed E-state index contributed by atoms with van der Waals surface area (Å²) in [6, 6.07) is 17.2. The first-order chi connectivity index (χ1) is 21.8. The van der Waals surface area contributed by atoms with Crippen molar-refractivity contribution in [1.82, 2.24) is 9.80 Å². The Morgan fingerprint density at radius 2 is 1.58 bits per heavy atom. The van der Waals surface area contributed by atoms with Gasteiger partial charge in [0.05, 0.1) is 0 Å². The van der Waals surface area contributed by atoms with Crippen LogP contribution in [0.5, 0.6) is 0 Å². The van der Waals surface area contributed by atoms with Crippen LogP contribution in [-0.2, 0) is 27.3 Å². The van der Waals surface area contributed by atoms with Crippen LogP contribution >= 0.6 is 0 Å². The van der Waals surface area contributed by atoms with Crippen molar-refractivity contribution in [3.63, 3.8) is 0 Å². The first-order valence-electron chi connectivity index (χ1n) is 15.9. The molecule has 0 aromatic heterocycles. The predicted octanol–water partition coefficient (Wildman–Crippen LogP) is 5.15. The van der Waals surface area contributed by atoms with Gasteiger partial charge in [-0.05, 0) is 72.4 Å². The highest BCUT2D eigenvalue weighted by Gasteiger charge is 2.52. The Hall–Kier alpha value is -4.53. The number of nitrogens with zero attached hydrogens (tertiary/aromatic N) is 3. The smallest absolute Gasteiger partial charge is 0.254 e. The molecule has 2 heterocycles. The van der Waals surface area contributed by atoms with Gasteiger partial charge < -0.3 is 20.4 Å².